The van der Waals surface area contributed by atoms with Crippen LogP contribution in [0.15, 0.2) is 66.1 Å². The van der Waals surface area contributed by atoms with E-state index >= 15 is 0 Å². The minimum Gasteiger partial charge on any atom is -0.302 e. The molecular weight excluding hydrogens is 290 g/mol. The highest BCUT2D eigenvalue weighted by Gasteiger charge is 2.19. The summed E-state index contributed by atoms with van der Waals surface area (Å²) >= 11 is 0. The molecule has 23 heavy (non-hydrogen) atoms. The van der Waals surface area contributed by atoms with Crippen molar-refractivity contribution in [2.24, 2.45) is 0 Å². The van der Waals surface area contributed by atoms with Crippen LogP contribution in [0.4, 0.5) is 0 Å². The number of carbonyl (C=O) groups is 2. The number of hydrogen-bond donors (Lipinski definition) is 2. The molecule has 0 bridgehead atoms. The molecule has 2 N–H and O–H groups in total. The maximum atomic E-state index is 12.5. The molecule has 0 unspecified atom stereocenters. The number of hydrogen-bond acceptors (Lipinski definition) is 4. The van der Waals surface area contributed by atoms with Gasteiger partial charge in [-0.3, -0.25) is 20.0 Å². The Morgan fingerprint density at radius 2 is 1.74 bits per heavy atom. The number of pyridine rings is 1. The van der Waals surface area contributed by atoms with Crippen molar-refractivity contribution >= 4 is 17.8 Å². The first-order chi connectivity index (χ1) is 11.2. The lowest BCUT2D eigenvalue weighted by molar-refractivity contribution is 0.0936. The molecule has 0 fully saturated rings. The Balaban J connectivity index is 1.76. The molecule has 1 aliphatic rings. The highest BCUT2D eigenvalue weighted by Crippen LogP contribution is 2.23. The van der Waals surface area contributed by atoms with Gasteiger partial charge in [0.25, 0.3) is 5.91 Å². The molecule has 2 aromatic rings. The number of allylic oxidation sites excluding steroid dienone is 3. The van der Waals surface area contributed by atoms with E-state index < -0.39 is 0 Å². The lowest BCUT2D eigenvalue weighted by atomic mass is 9.92. The van der Waals surface area contributed by atoms with Crippen molar-refractivity contribution < 1.29 is 9.59 Å². The summed E-state index contributed by atoms with van der Waals surface area (Å²) in [6, 6.07) is 10.6. The van der Waals surface area contributed by atoms with E-state index in [-0.39, 0.29) is 11.7 Å². The third-order valence-electron chi connectivity index (χ3n) is 3.59. The number of benzene rings is 1. The number of fused-ring (bicyclic) bond motifs is 1. The molecule has 0 saturated carbocycles. The highest BCUT2D eigenvalue weighted by molar-refractivity contribution is 6.15. The van der Waals surface area contributed by atoms with Crippen molar-refractivity contribution in [2.45, 2.75) is 6.92 Å². The molecule has 1 aromatic heterocycles. The summed E-state index contributed by atoms with van der Waals surface area (Å²) in [5.41, 5.74) is 8.54. The maximum absolute atomic E-state index is 12.5. The fourth-order valence-corrected chi connectivity index (χ4v) is 2.33. The number of hydrazine groups is 1. The maximum Gasteiger partial charge on any atom is 0.269 e. The van der Waals surface area contributed by atoms with Gasteiger partial charge in [0.2, 0.25) is 0 Å². The molecule has 0 saturated heterocycles. The van der Waals surface area contributed by atoms with Gasteiger partial charge >= 0.3 is 0 Å². The minimum atomic E-state index is -0.292. The Labute approximate surface area is 133 Å². The zero-order valence-electron chi connectivity index (χ0n) is 12.5. The smallest absolute Gasteiger partial charge is 0.269 e. The lowest BCUT2D eigenvalue weighted by Gasteiger charge is -2.16. The number of carbonyl (C=O) groups excluding carboxylic acids is 2. The quantitative estimate of drug-likeness (QED) is 0.675. The average Bonchev–Trinajstić information content (AvgIpc) is 2.60. The van der Waals surface area contributed by atoms with Gasteiger partial charge in [0, 0.05) is 34.8 Å². The third kappa shape index (κ3) is 3.03. The molecule has 0 aliphatic heterocycles. The molecule has 5 heteroatoms. The zero-order chi connectivity index (χ0) is 16.2. The summed E-state index contributed by atoms with van der Waals surface area (Å²) in [6.45, 7) is 1.75. The summed E-state index contributed by atoms with van der Waals surface area (Å²) in [7, 11) is 0. The molecule has 0 spiro atoms. The molecule has 0 radical (unpaired) electrons. The van der Waals surface area contributed by atoms with Gasteiger partial charge in [0.1, 0.15) is 0 Å². The van der Waals surface area contributed by atoms with Crippen molar-refractivity contribution in [3.63, 3.8) is 0 Å². The van der Waals surface area contributed by atoms with Crippen LogP contribution in [0.1, 0.15) is 33.2 Å². The van der Waals surface area contributed by atoms with Crippen LogP contribution in [0.2, 0.25) is 0 Å². The number of aromatic nitrogens is 1. The Morgan fingerprint density at radius 1 is 1.00 bits per heavy atom. The summed E-state index contributed by atoms with van der Waals surface area (Å²) in [5.74, 6) is -0.355. The molecule has 1 aromatic carbocycles. The van der Waals surface area contributed by atoms with Gasteiger partial charge in [0.05, 0.1) is 0 Å². The second-order valence-corrected chi connectivity index (χ2v) is 5.10. The lowest BCUT2D eigenvalue weighted by Crippen LogP contribution is -2.37. The first-order valence-electron chi connectivity index (χ1n) is 7.16. The Bertz CT molecular complexity index is 823. The van der Waals surface area contributed by atoms with E-state index in [0.29, 0.717) is 22.4 Å². The van der Waals surface area contributed by atoms with E-state index in [1.807, 2.05) is 24.3 Å². The van der Waals surface area contributed by atoms with E-state index in [4.69, 9.17) is 0 Å². The normalized spacial score (nSPS) is 14.9. The standard InChI is InChI=1S/C18H15N3O2/c1-12(20-21-18(23)14-8-10-19-11-9-14)15-7-6-13-4-2-3-5-16(13)17(15)22/h2-11,20H,1H3,(H,21,23)/b15-12+. The molecule has 1 amide bonds. The largest absolute Gasteiger partial charge is 0.302 e. The zero-order valence-corrected chi connectivity index (χ0v) is 12.5. The number of nitrogens with zero attached hydrogens (tertiary/aromatic N) is 1. The Morgan fingerprint density at radius 3 is 2.52 bits per heavy atom. The summed E-state index contributed by atoms with van der Waals surface area (Å²) in [4.78, 5) is 28.4. The number of rotatable bonds is 3. The summed E-state index contributed by atoms with van der Waals surface area (Å²) < 4.78 is 0. The number of Topliss-reactive ketones (excluding diaryl/α,β-unsaturated/α-hetero) is 1. The average molecular weight is 305 g/mol. The topological polar surface area (TPSA) is 71.1 Å². The van der Waals surface area contributed by atoms with Crippen LogP contribution >= 0.6 is 0 Å². The fraction of sp³-hybridized carbons (Fsp3) is 0.0556. The van der Waals surface area contributed by atoms with E-state index in [1.54, 1.807) is 43.6 Å². The van der Waals surface area contributed by atoms with Gasteiger partial charge in [-0.1, -0.05) is 30.3 Å². The van der Waals surface area contributed by atoms with Crippen LogP contribution in [-0.4, -0.2) is 16.7 Å². The molecule has 1 aliphatic carbocycles. The second kappa shape index (κ2) is 6.27. The van der Waals surface area contributed by atoms with Gasteiger partial charge in [-0.15, -0.1) is 0 Å². The molecule has 1 heterocycles. The van der Waals surface area contributed by atoms with E-state index in [2.05, 4.69) is 15.8 Å². The Hall–Kier alpha value is -3.21. The van der Waals surface area contributed by atoms with E-state index in [0.717, 1.165) is 5.56 Å². The van der Waals surface area contributed by atoms with Crippen molar-refractivity contribution in [1.29, 1.82) is 0 Å². The molecule has 3 rings (SSSR count). The van der Waals surface area contributed by atoms with Crippen LogP contribution < -0.4 is 10.9 Å². The van der Waals surface area contributed by atoms with Gasteiger partial charge in [-0.2, -0.15) is 0 Å². The summed E-state index contributed by atoms with van der Waals surface area (Å²) in [5, 5.41) is 0. The van der Waals surface area contributed by atoms with Gasteiger partial charge in [0.15, 0.2) is 5.78 Å². The minimum absolute atomic E-state index is 0.0636. The van der Waals surface area contributed by atoms with Gasteiger partial charge in [-0.05, 0) is 30.7 Å². The fourth-order valence-electron chi connectivity index (χ4n) is 2.33. The number of nitrogens with one attached hydrogen (secondary N) is 2. The van der Waals surface area contributed by atoms with Crippen molar-refractivity contribution in [2.75, 3.05) is 0 Å². The number of amides is 1. The monoisotopic (exact) mass is 305 g/mol. The van der Waals surface area contributed by atoms with Gasteiger partial charge < -0.3 is 5.43 Å². The first-order valence-corrected chi connectivity index (χ1v) is 7.16. The molecule has 5 nitrogen and oxygen atoms in total. The van der Waals surface area contributed by atoms with Crippen LogP contribution in [0, 0.1) is 0 Å². The van der Waals surface area contributed by atoms with Crippen molar-refractivity contribution in [1.82, 2.24) is 15.8 Å². The van der Waals surface area contributed by atoms with E-state index in [9.17, 15) is 9.59 Å². The van der Waals surface area contributed by atoms with Crippen LogP contribution in [0.5, 0.6) is 0 Å². The number of ketones is 1. The van der Waals surface area contributed by atoms with E-state index in [1.165, 1.54) is 0 Å². The third-order valence-corrected chi connectivity index (χ3v) is 3.59. The SMILES string of the molecule is C/C(NNC(=O)c1ccncc1)=C1/C=Cc2ccccc2C1=O. The van der Waals surface area contributed by atoms with Crippen LogP contribution in [0.25, 0.3) is 6.08 Å². The van der Waals surface area contributed by atoms with Gasteiger partial charge in [-0.25, -0.2) is 0 Å². The predicted octanol–water partition coefficient (Wildman–Crippen LogP) is 2.50. The first kappa shape index (κ1) is 14.7. The molecule has 0 atom stereocenters. The Kier molecular flexibility index (Phi) is 4.01. The molecule has 114 valence electrons. The van der Waals surface area contributed by atoms with Crippen LogP contribution in [0.3, 0.4) is 0 Å². The van der Waals surface area contributed by atoms with Crippen molar-refractivity contribution in [3.05, 3.63) is 82.8 Å². The summed E-state index contributed by atoms with van der Waals surface area (Å²) in [6.07, 6.45) is 6.74. The van der Waals surface area contributed by atoms with Crippen LogP contribution in [-0.2, 0) is 0 Å². The molecular formula is C18H15N3O2. The van der Waals surface area contributed by atoms with Crippen molar-refractivity contribution in [3.8, 4) is 0 Å². The predicted molar refractivity (Wildman–Crippen MR) is 87.3 cm³/mol. The second-order valence-electron chi connectivity index (χ2n) is 5.10. The highest BCUT2D eigenvalue weighted by atomic mass is 16.2.